The Kier molecular flexibility index (Phi) is 4.96. The number of rotatable bonds is 6. The molecule has 0 unspecified atom stereocenters. The Bertz CT molecular complexity index is 504. The summed E-state index contributed by atoms with van der Waals surface area (Å²) in [5.74, 6) is -1.07. The van der Waals surface area contributed by atoms with Crippen molar-refractivity contribution in [3.8, 4) is 0 Å². The van der Waals surface area contributed by atoms with E-state index in [2.05, 4.69) is 5.32 Å². The summed E-state index contributed by atoms with van der Waals surface area (Å²) < 4.78 is 5.03. The van der Waals surface area contributed by atoms with Gasteiger partial charge in [0, 0.05) is 12.7 Å². The first-order valence-corrected chi connectivity index (χ1v) is 7.17. The molecule has 1 aromatic carbocycles. The smallest absolute Gasteiger partial charge is 0.305 e. The third-order valence-electron chi connectivity index (χ3n) is 3.96. The molecule has 0 bridgehead atoms. The van der Waals surface area contributed by atoms with Crippen molar-refractivity contribution < 1.29 is 19.4 Å². The van der Waals surface area contributed by atoms with Crippen LogP contribution in [0.2, 0.25) is 0 Å². The molecule has 0 spiro atoms. The number of aliphatic carboxylic acids is 1. The van der Waals surface area contributed by atoms with E-state index in [1.54, 1.807) is 19.2 Å². The van der Waals surface area contributed by atoms with Crippen LogP contribution in [0.3, 0.4) is 0 Å². The Balaban J connectivity index is 2.06. The minimum absolute atomic E-state index is 0.0134. The van der Waals surface area contributed by atoms with Gasteiger partial charge in [-0.2, -0.15) is 0 Å². The van der Waals surface area contributed by atoms with Gasteiger partial charge < -0.3 is 15.2 Å². The fraction of sp³-hybridized carbons (Fsp3) is 0.500. The van der Waals surface area contributed by atoms with Crippen molar-refractivity contribution in [2.45, 2.75) is 44.2 Å². The first kappa shape index (κ1) is 15.5. The number of carboxylic acid groups (broad SMARTS) is 1. The molecule has 0 saturated heterocycles. The summed E-state index contributed by atoms with van der Waals surface area (Å²) in [6, 6.07) is 7.17. The van der Waals surface area contributed by atoms with Crippen LogP contribution in [0.15, 0.2) is 24.3 Å². The number of methoxy groups -OCH3 is 1. The van der Waals surface area contributed by atoms with Crippen LogP contribution in [0, 0.1) is 0 Å². The minimum atomic E-state index is -0.868. The summed E-state index contributed by atoms with van der Waals surface area (Å²) in [5.41, 5.74) is 0.954. The maximum absolute atomic E-state index is 12.3. The standard InChI is InChI=1S/C16H21NO4/c1-21-11-12-4-6-13(7-5-12)15(20)17-16(10-14(18)19)8-2-3-9-16/h4-7H,2-3,8-11H2,1H3,(H,17,20)(H,18,19). The van der Waals surface area contributed by atoms with E-state index in [-0.39, 0.29) is 12.3 Å². The van der Waals surface area contributed by atoms with Crippen molar-refractivity contribution in [1.29, 1.82) is 0 Å². The number of carbonyl (C=O) groups is 2. The van der Waals surface area contributed by atoms with Crippen molar-refractivity contribution in [3.63, 3.8) is 0 Å². The molecule has 1 amide bonds. The third-order valence-corrected chi connectivity index (χ3v) is 3.96. The number of nitrogens with one attached hydrogen (secondary N) is 1. The zero-order valence-electron chi connectivity index (χ0n) is 12.2. The van der Waals surface area contributed by atoms with Gasteiger partial charge in [0.2, 0.25) is 0 Å². The molecule has 5 heteroatoms. The summed E-state index contributed by atoms with van der Waals surface area (Å²) in [7, 11) is 1.62. The van der Waals surface area contributed by atoms with E-state index in [1.165, 1.54) is 0 Å². The second kappa shape index (κ2) is 6.72. The van der Waals surface area contributed by atoms with Gasteiger partial charge in [-0.15, -0.1) is 0 Å². The minimum Gasteiger partial charge on any atom is -0.481 e. The third kappa shape index (κ3) is 4.04. The zero-order chi connectivity index (χ0) is 15.3. The SMILES string of the molecule is COCc1ccc(C(=O)NC2(CC(=O)O)CCCC2)cc1. The lowest BCUT2D eigenvalue weighted by atomic mass is 9.92. The first-order chi connectivity index (χ1) is 10.0. The van der Waals surface area contributed by atoms with Crippen LogP contribution in [-0.2, 0) is 16.1 Å². The van der Waals surface area contributed by atoms with Crippen molar-refractivity contribution in [3.05, 3.63) is 35.4 Å². The van der Waals surface area contributed by atoms with Gasteiger partial charge in [-0.25, -0.2) is 0 Å². The number of ether oxygens (including phenoxy) is 1. The molecule has 1 saturated carbocycles. The largest absolute Gasteiger partial charge is 0.481 e. The molecule has 1 aliphatic rings. The molecule has 21 heavy (non-hydrogen) atoms. The molecule has 114 valence electrons. The molecular weight excluding hydrogens is 270 g/mol. The van der Waals surface area contributed by atoms with Crippen LogP contribution >= 0.6 is 0 Å². The van der Waals surface area contributed by atoms with Crippen LogP contribution in [0.5, 0.6) is 0 Å². The van der Waals surface area contributed by atoms with E-state index in [0.29, 0.717) is 12.2 Å². The molecule has 0 aliphatic heterocycles. The summed E-state index contributed by atoms with van der Waals surface area (Å²) in [4.78, 5) is 23.4. The first-order valence-electron chi connectivity index (χ1n) is 7.17. The summed E-state index contributed by atoms with van der Waals surface area (Å²) in [6.07, 6.45) is 3.36. The summed E-state index contributed by atoms with van der Waals surface area (Å²) in [6.45, 7) is 0.505. The second-order valence-electron chi connectivity index (χ2n) is 5.64. The molecule has 1 fully saturated rings. The van der Waals surface area contributed by atoms with Gasteiger partial charge in [-0.3, -0.25) is 9.59 Å². The summed E-state index contributed by atoms with van der Waals surface area (Å²) in [5, 5.41) is 12.0. The Hall–Kier alpha value is -1.88. The van der Waals surface area contributed by atoms with Gasteiger partial charge in [0.05, 0.1) is 18.6 Å². The molecule has 2 N–H and O–H groups in total. The lowest BCUT2D eigenvalue weighted by Crippen LogP contribution is -2.47. The molecule has 0 heterocycles. The van der Waals surface area contributed by atoms with Gasteiger partial charge in [0.25, 0.3) is 5.91 Å². The molecule has 1 aliphatic carbocycles. The van der Waals surface area contributed by atoms with Crippen molar-refractivity contribution in [1.82, 2.24) is 5.32 Å². The van der Waals surface area contributed by atoms with Gasteiger partial charge in [0.1, 0.15) is 0 Å². The molecule has 0 aromatic heterocycles. The Labute approximate surface area is 124 Å². The van der Waals surface area contributed by atoms with E-state index in [4.69, 9.17) is 9.84 Å². The van der Waals surface area contributed by atoms with Crippen molar-refractivity contribution >= 4 is 11.9 Å². The summed E-state index contributed by atoms with van der Waals surface area (Å²) >= 11 is 0. The van der Waals surface area contributed by atoms with E-state index >= 15 is 0 Å². The van der Waals surface area contributed by atoms with Crippen molar-refractivity contribution in [2.24, 2.45) is 0 Å². The Morgan fingerprint density at radius 2 is 1.86 bits per heavy atom. The van der Waals surface area contributed by atoms with Gasteiger partial charge in [-0.1, -0.05) is 25.0 Å². The van der Waals surface area contributed by atoms with Crippen LogP contribution in [-0.4, -0.2) is 29.6 Å². The average molecular weight is 291 g/mol. The second-order valence-corrected chi connectivity index (χ2v) is 5.64. The fourth-order valence-electron chi connectivity index (χ4n) is 2.92. The van der Waals surface area contributed by atoms with Gasteiger partial charge in [-0.05, 0) is 30.5 Å². The highest BCUT2D eigenvalue weighted by Crippen LogP contribution is 2.33. The highest BCUT2D eigenvalue weighted by molar-refractivity contribution is 5.95. The van der Waals surface area contributed by atoms with Crippen LogP contribution in [0.25, 0.3) is 0 Å². The number of amides is 1. The molecular formula is C16H21NO4. The maximum Gasteiger partial charge on any atom is 0.305 e. The quantitative estimate of drug-likeness (QED) is 0.843. The fourth-order valence-corrected chi connectivity index (χ4v) is 2.92. The molecule has 2 rings (SSSR count). The highest BCUT2D eigenvalue weighted by atomic mass is 16.5. The van der Waals surface area contributed by atoms with E-state index in [1.807, 2.05) is 12.1 Å². The monoisotopic (exact) mass is 291 g/mol. The number of benzene rings is 1. The number of carboxylic acids is 1. The number of hydrogen-bond donors (Lipinski definition) is 2. The van der Waals surface area contributed by atoms with Crippen LogP contribution in [0.4, 0.5) is 0 Å². The van der Waals surface area contributed by atoms with E-state index in [0.717, 1.165) is 31.2 Å². The number of hydrogen-bond acceptors (Lipinski definition) is 3. The predicted octanol–water partition coefficient (Wildman–Crippen LogP) is 2.35. The highest BCUT2D eigenvalue weighted by Gasteiger charge is 2.37. The zero-order valence-corrected chi connectivity index (χ0v) is 12.2. The predicted molar refractivity (Wildman–Crippen MR) is 78.1 cm³/mol. The van der Waals surface area contributed by atoms with Crippen LogP contribution < -0.4 is 5.32 Å². The van der Waals surface area contributed by atoms with Crippen molar-refractivity contribution in [2.75, 3.05) is 7.11 Å². The lowest BCUT2D eigenvalue weighted by Gasteiger charge is -2.28. The van der Waals surface area contributed by atoms with E-state index in [9.17, 15) is 9.59 Å². The Morgan fingerprint density at radius 3 is 2.38 bits per heavy atom. The molecule has 0 radical (unpaired) electrons. The lowest BCUT2D eigenvalue weighted by molar-refractivity contribution is -0.138. The Morgan fingerprint density at radius 1 is 1.24 bits per heavy atom. The van der Waals surface area contributed by atoms with Gasteiger partial charge in [0.15, 0.2) is 0 Å². The number of carbonyl (C=O) groups excluding carboxylic acids is 1. The van der Waals surface area contributed by atoms with Gasteiger partial charge >= 0.3 is 5.97 Å². The average Bonchev–Trinajstić information content (AvgIpc) is 2.87. The van der Waals surface area contributed by atoms with E-state index < -0.39 is 11.5 Å². The van der Waals surface area contributed by atoms with Crippen LogP contribution in [0.1, 0.15) is 48.0 Å². The topological polar surface area (TPSA) is 75.6 Å². The normalized spacial score (nSPS) is 16.6. The molecule has 5 nitrogen and oxygen atoms in total. The molecule has 0 atom stereocenters. The maximum atomic E-state index is 12.3. The molecule has 1 aromatic rings.